The SMILES string of the molecule is C=CC(=C)CC[C@]1(C)[C@H](C)C[C@H](OC(=O)/C=C\C=C/CCCCC)[C@@]23C(=C[C@@H](O)C[C@@H]12)[C@@H](OC(C)=O)O[C@H]3OC(C)=O. The summed E-state index contributed by atoms with van der Waals surface area (Å²) < 4.78 is 23.7. The summed E-state index contributed by atoms with van der Waals surface area (Å²) in [5.41, 5.74) is -0.241. The molecule has 0 bridgehead atoms. The first-order valence-corrected chi connectivity index (χ1v) is 15.1. The maximum absolute atomic E-state index is 13.2. The Kier molecular flexibility index (Phi) is 11.6. The van der Waals surface area contributed by atoms with E-state index < -0.39 is 53.5 Å². The first-order valence-electron chi connectivity index (χ1n) is 15.1. The topological polar surface area (TPSA) is 108 Å². The molecule has 2 aliphatic carbocycles. The lowest BCUT2D eigenvalue weighted by Crippen LogP contribution is -2.63. The molecule has 8 heteroatoms. The monoisotopic (exact) mass is 584 g/mol. The highest BCUT2D eigenvalue weighted by Crippen LogP contribution is 2.67. The smallest absolute Gasteiger partial charge is 0.331 e. The van der Waals surface area contributed by atoms with Gasteiger partial charge < -0.3 is 19.3 Å². The van der Waals surface area contributed by atoms with E-state index in [2.05, 4.69) is 33.9 Å². The summed E-state index contributed by atoms with van der Waals surface area (Å²) in [6.45, 7) is 16.9. The van der Waals surface area contributed by atoms with Crippen LogP contribution in [0.2, 0.25) is 0 Å². The van der Waals surface area contributed by atoms with Crippen LogP contribution in [-0.2, 0) is 33.3 Å². The summed E-state index contributed by atoms with van der Waals surface area (Å²) in [5.74, 6) is -2.02. The summed E-state index contributed by atoms with van der Waals surface area (Å²) in [6, 6.07) is 0. The van der Waals surface area contributed by atoms with Gasteiger partial charge in [-0.25, -0.2) is 4.79 Å². The van der Waals surface area contributed by atoms with E-state index in [4.69, 9.17) is 18.9 Å². The predicted molar refractivity (Wildman–Crippen MR) is 160 cm³/mol. The molecule has 1 N–H and O–H groups in total. The van der Waals surface area contributed by atoms with Crippen LogP contribution >= 0.6 is 0 Å². The number of carbonyl (C=O) groups excluding carboxylic acids is 3. The molecule has 0 unspecified atom stereocenters. The standard InChI is InChI=1S/C34H48O8/c1-8-10-11-12-13-14-15-16-30(38)41-29-19-23(4)33(7,18-17-22(3)9-2)28-21-26(37)20-27-31(39-24(5)35)42-32(34(27,28)29)40-25(6)36/h9,13-16,20,23,26,28-29,31-32,37H,2-3,8,10-12,17-19,21H2,1,4-7H3/b14-13-,16-15-/t23-,26-,28+,29+,31+,32-,33-,34-/m1/s1. The van der Waals surface area contributed by atoms with Gasteiger partial charge in [-0.2, -0.15) is 0 Å². The molecule has 42 heavy (non-hydrogen) atoms. The van der Waals surface area contributed by atoms with Gasteiger partial charge in [-0.3, -0.25) is 14.3 Å². The highest BCUT2D eigenvalue weighted by atomic mass is 16.8. The first kappa shape index (κ1) is 33.5. The van der Waals surface area contributed by atoms with Gasteiger partial charge in [-0.1, -0.05) is 76.6 Å². The Balaban J connectivity index is 2.07. The fourth-order valence-corrected chi connectivity index (χ4v) is 7.06. The molecular weight excluding hydrogens is 536 g/mol. The Morgan fingerprint density at radius 2 is 1.83 bits per heavy atom. The Bertz CT molecular complexity index is 1120. The number of ether oxygens (including phenoxy) is 4. The molecule has 8 atom stereocenters. The molecule has 1 spiro atoms. The van der Waals surface area contributed by atoms with Gasteiger partial charge >= 0.3 is 17.9 Å². The van der Waals surface area contributed by atoms with Crippen molar-refractivity contribution in [2.45, 2.75) is 111 Å². The molecule has 0 aromatic carbocycles. The van der Waals surface area contributed by atoms with E-state index >= 15 is 0 Å². The minimum absolute atomic E-state index is 0.0447. The molecule has 1 saturated carbocycles. The zero-order valence-corrected chi connectivity index (χ0v) is 25.8. The van der Waals surface area contributed by atoms with Crippen molar-refractivity contribution in [2.24, 2.45) is 22.7 Å². The normalized spacial score (nSPS) is 33.9. The van der Waals surface area contributed by atoms with Crippen molar-refractivity contribution < 1.29 is 38.4 Å². The maximum atomic E-state index is 13.2. The molecular formula is C34H48O8. The van der Waals surface area contributed by atoms with E-state index in [1.165, 1.54) is 19.9 Å². The summed E-state index contributed by atoms with van der Waals surface area (Å²) in [5, 5.41) is 11.1. The number of hydrogen-bond donors (Lipinski definition) is 1. The number of aliphatic hydroxyl groups is 1. The quantitative estimate of drug-likeness (QED) is 0.0675. The van der Waals surface area contributed by atoms with Crippen molar-refractivity contribution >= 4 is 17.9 Å². The Hall–Kier alpha value is -2.97. The van der Waals surface area contributed by atoms with E-state index in [0.29, 0.717) is 31.3 Å². The van der Waals surface area contributed by atoms with Crippen molar-refractivity contribution in [1.82, 2.24) is 0 Å². The Morgan fingerprint density at radius 1 is 1.12 bits per heavy atom. The van der Waals surface area contributed by atoms with E-state index in [1.54, 1.807) is 18.2 Å². The molecule has 2 fully saturated rings. The van der Waals surface area contributed by atoms with Crippen molar-refractivity contribution in [3.63, 3.8) is 0 Å². The number of hydrogen-bond acceptors (Lipinski definition) is 8. The second-order valence-corrected chi connectivity index (χ2v) is 12.1. The third-order valence-electron chi connectivity index (χ3n) is 9.37. The van der Waals surface area contributed by atoms with Gasteiger partial charge in [0.15, 0.2) is 0 Å². The molecule has 1 aliphatic heterocycles. The molecule has 3 rings (SSSR count). The summed E-state index contributed by atoms with van der Waals surface area (Å²) in [6.07, 6.45) is 12.7. The van der Waals surface area contributed by atoms with Crippen molar-refractivity contribution in [1.29, 1.82) is 0 Å². The average Bonchev–Trinajstić information content (AvgIpc) is 3.21. The molecule has 3 aliphatic rings. The van der Waals surface area contributed by atoms with E-state index in [-0.39, 0.29) is 11.8 Å². The second kappa shape index (κ2) is 14.5. The lowest BCUT2D eigenvalue weighted by atomic mass is 9.45. The number of aliphatic hydroxyl groups excluding tert-OH is 1. The van der Waals surface area contributed by atoms with Crippen molar-refractivity contribution in [3.8, 4) is 0 Å². The first-order chi connectivity index (χ1) is 19.9. The summed E-state index contributed by atoms with van der Waals surface area (Å²) in [4.78, 5) is 37.7. The molecule has 1 heterocycles. The fourth-order valence-electron chi connectivity index (χ4n) is 7.06. The van der Waals surface area contributed by atoms with E-state index in [0.717, 1.165) is 31.3 Å². The maximum Gasteiger partial charge on any atom is 0.331 e. The molecule has 8 nitrogen and oxygen atoms in total. The molecule has 0 radical (unpaired) electrons. The van der Waals surface area contributed by atoms with Crippen molar-refractivity contribution in [3.05, 3.63) is 60.8 Å². The zero-order valence-electron chi connectivity index (χ0n) is 25.8. The Labute approximate surface area is 250 Å². The third-order valence-corrected chi connectivity index (χ3v) is 9.37. The van der Waals surface area contributed by atoms with Crippen LogP contribution in [0.4, 0.5) is 0 Å². The van der Waals surface area contributed by atoms with Crippen LogP contribution in [0.3, 0.4) is 0 Å². The summed E-state index contributed by atoms with van der Waals surface area (Å²) >= 11 is 0. The van der Waals surface area contributed by atoms with Crippen LogP contribution < -0.4 is 0 Å². The summed E-state index contributed by atoms with van der Waals surface area (Å²) in [7, 11) is 0. The predicted octanol–water partition coefficient (Wildman–Crippen LogP) is 6.26. The number of esters is 3. The molecule has 0 aromatic rings. The minimum Gasteiger partial charge on any atom is -0.458 e. The highest BCUT2D eigenvalue weighted by molar-refractivity contribution is 5.82. The largest absolute Gasteiger partial charge is 0.458 e. The Morgan fingerprint density at radius 3 is 2.48 bits per heavy atom. The number of carbonyl (C=O) groups is 3. The highest BCUT2D eigenvalue weighted by Gasteiger charge is 2.72. The van der Waals surface area contributed by atoms with Gasteiger partial charge in [0.1, 0.15) is 11.5 Å². The number of rotatable bonds is 13. The van der Waals surface area contributed by atoms with Crippen LogP contribution in [0.25, 0.3) is 0 Å². The molecule has 1 saturated heterocycles. The van der Waals surface area contributed by atoms with E-state index in [9.17, 15) is 19.5 Å². The van der Waals surface area contributed by atoms with Gasteiger partial charge in [0, 0.05) is 25.5 Å². The van der Waals surface area contributed by atoms with Gasteiger partial charge in [0.05, 0.1) is 6.10 Å². The van der Waals surface area contributed by atoms with Crippen LogP contribution in [0.15, 0.2) is 60.8 Å². The number of allylic oxidation sites excluding steroid dienone is 5. The second-order valence-electron chi connectivity index (χ2n) is 12.1. The van der Waals surface area contributed by atoms with Crippen LogP contribution in [-0.4, -0.2) is 47.8 Å². The van der Waals surface area contributed by atoms with Crippen LogP contribution in [0.1, 0.15) is 86.0 Å². The zero-order chi connectivity index (χ0) is 31.1. The molecule has 0 aromatic heterocycles. The third kappa shape index (κ3) is 7.14. The minimum atomic E-state index is -1.20. The van der Waals surface area contributed by atoms with Crippen molar-refractivity contribution in [2.75, 3.05) is 0 Å². The van der Waals surface area contributed by atoms with Gasteiger partial charge in [-0.15, -0.1) is 0 Å². The number of unbranched alkanes of at least 4 members (excludes halogenated alkanes) is 3. The average molecular weight is 585 g/mol. The van der Waals surface area contributed by atoms with Crippen LogP contribution in [0, 0.1) is 22.7 Å². The van der Waals surface area contributed by atoms with Gasteiger partial charge in [0.25, 0.3) is 0 Å². The van der Waals surface area contributed by atoms with Gasteiger partial charge in [0.2, 0.25) is 12.6 Å². The van der Waals surface area contributed by atoms with Crippen LogP contribution in [0.5, 0.6) is 0 Å². The lowest BCUT2D eigenvalue weighted by Gasteiger charge is -2.60. The molecule has 232 valence electrons. The van der Waals surface area contributed by atoms with E-state index in [1.807, 2.05) is 12.2 Å². The molecule has 0 amide bonds. The van der Waals surface area contributed by atoms with Gasteiger partial charge in [-0.05, 0) is 61.9 Å². The fraction of sp³-hybridized carbons (Fsp3) is 0.618. The lowest BCUT2D eigenvalue weighted by molar-refractivity contribution is -0.257.